The van der Waals surface area contributed by atoms with Crippen LogP contribution in [0.1, 0.15) is 22.4 Å². The molecule has 8 heteroatoms. The maximum absolute atomic E-state index is 13.6. The smallest absolute Gasteiger partial charge is 0.267 e. The molecule has 0 spiro atoms. The first-order valence-electron chi connectivity index (χ1n) is 11.0. The van der Waals surface area contributed by atoms with Gasteiger partial charge in [0.25, 0.3) is 5.56 Å². The van der Waals surface area contributed by atoms with Gasteiger partial charge in [-0.25, -0.2) is 9.55 Å². The Balaban J connectivity index is 1.51. The minimum atomic E-state index is -0.102. The van der Waals surface area contributed by atoms with Crippen LogP contribution in [0.5, 0.6) is 0 Å². The zero-order valence-electron chi connectivity index (χ0n) is 19.1. The van der Waals surface area contributed by atoms with Crippen molar-refractivity contribution >= 4 is 34.1 Å². The largest absolute Gasteiger partial charge is 0.307 e. The predicted molar refractivity (Wildman–Crippen MR) is 135 cm³/mol. The maximum Gasteiger partial charge on any atom is 0.267 e. The fourth-order valence-electron chi connectivity index (χ4n) is 4.46. The van der Waals surface area contributed by atoms with Crippen LogP contribution in [0.4, 0.5) is 0 Å². The van der Waals surface area contributed by atoms with E-state index in [1.54, 1.807) is 16.3 Å². The van der Waals surface area contributed by atoms with E-state index in [0.29, 0.717) is 16.9 Å². The van der Waals surface area contributed by atoms with Gasteiger partial charge in [-0.2, -0.15) is 0 Å². The molecule has 4 aromatic heterocycles. The summed E-state index contributed by atoms with van der Waals surface area (Å²) in [5, 5.41) is 10.3. The molecule has 0 fully saturated rings. The normalized spacial score (nSPS) is 11.7. The summed E-state index contributed by atoms with van der Waals surface area (Å²) < 4.78 is 5.69. The first-order chi connectivity index (χ1) is 16.5. The molecule has 0 aliphatic carbocycles. The molecule has 0 saturated carbocycles. The van der Waals surface area contributed by atoms with Crippen molar-refractivity contribution in [2.45, 2.75) is 31.7 Å². The SMILES string of the molecule is Cc1ccc(-n2c(=O)c3ccccc3n3c(SCc4cn5cccc(C)c5n4)nnc23)c(C)c1. The Morgan fingerprint density at radius 2 is 1.79 bits per heavy atom. The van der Waals surface area contributed by atoms with E-state index in [0.717, 1.165) is 44.4 Å². The van der Waals surface area contributed by atoms with Gasteiger partial charge < -0.3 is 4.40 Å². The van der Waals surface area contributed by atoms with Crippen molar-refractivity contribution in [1.82, 2.24) is 28.5 Å². The molecule has 34 heavy (non-hydrogen) atoms. The van der Waals surface area contributed by atoms with Gasteiger partial charge in [0.2, 0.25) is 5.78 Å². The lowest BCUT2D eigenvalue weighted by Crippen LogP contribution is -2.22. The molecule has 0 saturated heterocycles. The van der Waals surface area contributed by atoms with E-state index in [1.165, 1.54) is 0 Å². The number of aryl methyl sites for hydroxylation is 3. The minimum absolute atomic E-state index is 0.102. The highest BCUT2D eigenvalue weighted by atomic mass is 32.2. The van der Waals surface area contributed by atoms with Crippen LogP contribution in [0, 0.1) is 20.8 Å². The van der Waals surface area contributed by atoms with E-state index in [1.807, 2.05) is 77.5 Å². The average molecular weight is 467 g/mol. The lowest BCUT2D eigenvalue weighted by Gasteiger charge is -2.13. The molecule has 0 aliphatic rings. The van der Waals surface area contributed by atoms with Gasteiger partial charge in [0.15, 0.2) is 5.16 Å². The number of aromatic nitrogens is 6. The van der Waals surface area contributed by atoms with Crippen molar-refractivity contribution in [2.24, 2.45) is 0 Å². The van der Waals surface area contributed by atoms with Crippen LogP contribution in [0.3, 0.4) is 0 Å². The number of pyridine rings is 1. The summed E-state index contributed by atoms with van der Waals surface area (Å²) in [7, 11) is 0. The van der Waals surface area contributed by atoms with Gasteiger partial charge in [-0.05, 0) is 56.2 Å². The van der Waals surface area contributed by atoms with Gasteiger partial charge in [0.05, 0.1) is 22.3 Å². The number of hydrogen-bond donors (Lipinski definition) is 0. The highest BCUT2D eigenvalue weighted by Gasteiger charge is 2.19. The summed E-state index contributed by atoms with van der Waals surface area (Å²) >= 11 is 1.56. The van der Waals surface area contributed by atoms with E-state index < -0.39 is 0 Å². The third-order valence-electron chi connectivity index (χ3n) is 6.06. The van der Waals surface area contributed by atoms with Crippen LogP contribution >= 0.6 is 11.8 Å². The van der Waals surface area contributed by atoms with Crippen LogP contribution in [0.2, 0.25) is 0 Å². The van der Waals surface area contributed by atoms with Gasteiger partial charge in [-0.3, -0.25) is 9.20 Å². The zero-order chi connectivity index (χ0) is 23.4. The Labute approximate surface area is 199 Å². The second-order valence-corrected chi connectivity index (χ2v) is 9.45. The van der Waals surface area contributed by atoms with Crippen LogP contribution in [-0.2, 0) is 5.75 Å². The number of fused-ring (bicyclic) bond motifs is 4. The lowest BCUT2D eigenvalue weighted by molar-refractivity contribution is 0.927. The Morgan fingerprint density at radius 1 is 0.941 bits per heavy atom. The molecule has 6 rings (SSSR count). The molecule has 7 nitrogen and oxygen atoms in total. The quantitative estimate of drug-likeness (QED) is 0.346. The fraction of sp³-hybridized carbons (Fsp3) is 0.154. The molecular weight excluding hydrogens is 444 g/mol. The molecule has 0 bridgehead atoms. The Hall–Kier alpha value is -3.91. The standard InChI is InChI=1S/C26H22N6OS/c1-16-10-11-21(18(3)13-16)31-24(33)20-8-4-5-9-22(20)32-25(31)28-29-26(32)34-15-19-14-30-12-6-7-17(2)23(30)27-19/h4-14H,15H2,1-3H3. The van der Waals surface area contributed by atoms with Crippen LogP contribution in [-0.4, -0.2) is 28.5 Å². The average Bonchev–Trinajstić information content (AvgIpc) is 3.44. The van der Waals surface area contributed by atoms with Crippen LogP contribution in [0.15, 0.2) is 76.9 Å². The minimum Gasteiger partial charge on any atom is -0.307 e. The highest BCUT2D eigenvalue weighted by molar-refractivity contribution is 7.98. The molecule has 0 unspecified atom stereocenters. The van der Waals surface area contributed by atoms with Crippen LogP contribution in [0.25, 0.3) is 28.0 Å². The van der Waals surface area contributed by atoms with E-state index in [4.69, 9.17) is 4.98 Å². The predicted octanol–water partition coefficient (Wildman–Crippen LogP) is 4.90. The molecule has 0 aliphatic heterocycles. The number of nitrogens with zero attached hydrogens (tertiary/aromatic N) is 6. The van der Waals surface area contributed by atoms with Crippen molar-refractivity contribution in [3.05, 3.63) is 99.7 Å². The van der Waals surface area contributed by atoms with Crippen molar-refractivity contribution in [1.29, 1.82) is 0 Å². The summed E-state index contributed by atoms with van der Waals surface area (Å²) in [6, 6.07) is 17.8. The molecule has 2 aromatic carbocycles. The van der Waals surface area contributed by atoms with E-state index >= 15 is 0 Å². The molecule has 0 atom stereocenters. The molecule has 6 aromatic rings. The third-order valence-corrected chi connectivity index (χ3v) is 7.03. The van der Waals surface area contributed by atoms with Crippen molar-refractivity contribution < 1.29 is 0 Å². The summed E-state index contributed by atoms with van der Waals surface area (Å²) in [6.45, 7) is 6.11. The summed E-state index contributed by atoms with van der Waals surface area (Å²) in [6.07, 6.45) is 4.05. The van der Waals surface area contributed by atoms with Crippen molar-refractivity contribution in [3.8, 4) is 5.69 Å². The van der Waals surface area contributed by atoms with Gasteiger partial charge in [-0.15, -0.1) is 10.2 Å². The van der Waals surface area contributed by atoms with Crippen molar-refractivity contribution in [2.75, 3.05) is 0 Å². The van der Waals surface area contributed by atoms with Gasteiger partial charge in [0, 0.05) is 18.1 Å². The molecule has 4 heterocycles. The summed E-state index contributed by atoms with van der Waals surface area (Å²) in [4.78, 5) is 18.3. The van der Waals surface area contributed by atoms with E-state index in [9.17, 15) is 4.79 Å². The van der Waals surface area contributed by atoms with Crippen LogP contribution < -0.4 is 5.56 Å². The first kappa shape index (κ1) is 20.7. The second-order valence-electron chi connectivity index (χ2n) is 8.51. The maximum atomic E-state index is 13.6. The molecule has 0 N–H and O–H groups in total. The topological polar surface area (TPSA) is 69.5 Å². The number of thioether (sulfide) groups is 1. The molecule has 168 valence electrons. The molecule has 0 amide bonds. The Morgan fingerprint density at radius 3 is 2.62 bits per heavy atom. The molecule has 0 radical (unpaired) electrons. The Bertz CT molecular complexity index is 1780. The number of imidazole rings is 1. The number of benzene rings is 2. The summed E-state index contributed by atoms with van der Waals surface area (Å²) in [5.41, 5.74) is 6.71. The monoisotopic (exact) mass is 466 g/mol. The molecular formula is C26H22N6OS. The number of para-hydroxylation sites is 1. The Kier molecular flexibility index (Phi) is 4.77. The number of hydrogen-bond acceptors (Lipinski definition) is 5. The van der Waals surface area contributed by atoms with Gasteiger partial charge in [0.1, 0.15) is 5.65 Å². The van der Waals surface area contributed by atoms with Crippen molar-refractivity contribution in [3.63, 3.8) is 0 Å². The number of rotatable bonds is 4. The first-order valence-corrected chi connectivity index (χ1v) is 12.0. The zero-order valence-corrected chi connectivity index (χ0v) is 19.9. The second kappa shape index (κ2) is 7.85. The van der Waals surface area contributed by atoms with Gasteiger partial charge >= 0.3 is 0 Å². The lowest BCUT2D eigenvalue weighted by atomic mass is 10.1. The van der Waals surface area contributed by atoms with E-state index in [2.05, 4.69) is 29.3 Å². The van der Waals surface area contributed by atoms with E-state index in [-0.39, 0.29) is 5.56 Å². The summed E-state index contributed by atoms with van der Waals surface area (Å²) in [5.74, 6) is 1.14. The highest BCUT2D eigenvalue weighted by Crippen LogP contribution is 2.26. The van der Waals surface area contributed by atoms with Gasteiger partial charge in [-0.1, -0.05) is 47.7 Å². The fourth-order valence-corrected chi connectivity index (χ4v) is 5.28. The third kappa shape index (κ3) is 3.21.